The SMILES string of the molecule is CCOc1ccc([C@H]2C(C#N)=C(SCc3ccccc3Cl)NC(=O)[C@@H]2C(=O)OC)cc1Cl. The molecule has 1 aliphatic heterocycles. The van der Waals surface area contributed by atoms with Crippen LogP contribution in [-0.2, 0) is 20.1 Å². The van der Waals surface area contributed by atoms with Gasteiger partial charge in [-0.1, -0.05) is 47.5 Å². The number of hydrogen-bond acceptors (Lipinski definition) is 6. The van der Waals surface area contributed by atoms with E-state index in [1.165, 1.54) is 18.9 Å². The fourth-order valence-electron chi connectivity index (χ4n) is 3.43. The maximum atomic E-state index is 12.9. The lowest BCUT2D eigenvalue weighted by Crippen LogP contribution is -2.44. The van der Waals surface area contributed by atoms with E-state index in [4.69, 9.17) is 32.7 Å². The maximum Gasteiger partial charge on any atom is 0.319 e. The molecule has 2 aromatic rings. The van der Waals surface area contributed by atoms with Crippen molar-refractivity contribution in [3.8, 4) is 11.8 Å². The topological polar surface area (TPSA) is 88.4 Å². The smallest absolute Gasteiger partial charge is 0.319 e. The van der Waals surface area contributed by atoms with Crippen molar-refractivity contribution in [1.82, 2.24) is 5.32 Å². The molecule has 1 aliphatic rings. The highest BCUT2D eigenvalue weighted by molar-refractivity contribution is 8.02. The Labute approximate surface area is 200 Å². The number of thioether (sulfide) groups is 1. The van der Waals surface area contributed by atoms with Gasteiger partial charge in [0.2, 0.25) is 5.91 Å². The number of allylic oxidation sites excluding steroid dienone is 1. The van der Waals surface area contributed by atoms with Crippen LogP contribution in [0.15, 0.2) is 53.1 Å². The maximum absolute atomic E-state index is 12.9. The van der Waals surface area contributed by atoms with Gasteiger partial charge in [0.15, 0.2) is 0 Å². The number of halogens is 2. The van der Waals surface area contributed by atoms with Crippen molar-refractivity contribution in [3.05, 3.63) is 74.2 Å². The van der Waals surface area contributed by atoms with Crippen molar-refractivity contribution in [1.29, 1.82) is 5.26 Å². The van der Waals surface area contributed by atoms with Crippen LogP contribution in [0.5, 0.6) is 5.75 Å². The van der Waals surface area contributed by atoms with Gasteiger partial charge < -0.3 is 14.8 Å². The van der Waals surface area contributed by atoms with Gasteiger partial charge in [-0.2, -0.15) is 5.26 Å². The molecule has 0 fully saturated rings. The summed E-state index contributed by atoms with van der Waals surface area (Å²) in [5, 5.41) is 14.0. The van der Waals surface area contributed by atoms with Crippen molar-refractivity contribution >= 4 is 46.8 Å². The van der Waals surface area contributed by atoms with Crippen molar-refractivity contribution in [2.24, 2.45) is 5.92 Å². The van der Waals surface area contributed by atoms with Crippen molar-refractivity contribution in [3.63, 3.8) is 0 Å². The molecule has 6 nitrogen and oxygen atoms in total. The summed E-state index contributed by atoms with van der Waals surface area (Å²) >= 11 is 13.9. The molecule has 1 amide bonds. The number of amides is 1. The average Bonchev–Trinajstić information content (AvgIpc) is 2.79. The second-order valence-electron chi connectivity index (χ2n) is 6.83. The Bertz CT molecular complexity index is 1110. The van der Waals surface area contributed by atoms with Gasteiger partial charge in [0.05, 0.1) is 35.4 Å². The van der Waals surface area contributed by atoms with Gasteiger partial charge in [0.25, 0.3) is 0 Å². The summed E-state index contributed by atoms with van der Waals surface area (Å²) in [6.45, 7) is 2.27. The summed E-state index contributed by atoms with van der Waals surface area (Å²) in [5.74, 6) is -2.46. The molecule has 32 heavy (non-hydrogen) atoms. The summed E-state index contributed by atoms with van der Waals surface area (Å²) in [6.07, 6.45) is 0. The third kappa shape index (κ3) is 5.04. The van der Waals surface area contributed by atoms with Gasteiger partial charge in [-0.25, -0.2) is 0 Å². The van der Waals surface area contributed by atoms with E-state index in [2.05, 4.69) is 11.4 Å². The lowest BCUT2D eigenvalue weighted by Gasteiger charge is -2.31. The molecular formula is C23H20Cl2N2O4S. The molecule has 166 valence electrons. The average molecular weight is 491 g/mol. The standard InChI is InChI=1S/C23H20Cl2N2O4S/c1-3-31-18-9-8-13(10-17(18)25)19-15(11-26)22(27-21(28)20(19)23(29)30-2)32-12-14-6-4-5-7-16(14)24/h4-10,19-20H,3,12H2,1-2H3,(H,27,28)/t19-,20+/m0/s1. The molecule has 0 saturated heterocycles. The zero-order chi connectivity index (χ0) is 23.3. The third-order valence-corrected chi connectivity index (χ3v) is 6.66. The number of nitrogens with one attached hydrogen (secondary N) is 1. The molecular weight excluding hydrogens is 471 g/mol. The summed E-state index contributed by atoms with van der Waals surface area (Å²) in [5.41, 5.74) is 1.64. The largest absolute Gasteiger partial charge is 0.492 e. The highest BCUT2D eigenvalue weighted by atomic mass is 35.5. The Morgan fingerprint density at radius 1 is 1.22 bits per heavy atom. The fourth-order valence-corrected chi connectivity index (χ4v) is 5.01. The predicted octanol–water partition coefficient (Wildman–Crippen LogP) is 5.06. The third-order valence-electron chi connectivity index (χ3n) is 4.93. The number of nitrogens with zero attached hydrogens (tertiary/aromatic N) is 1. The molecule has 2 aromatic carbocycles. The number of carbonyl (C=O) groups is 2. The molecule has 1 N–H and O–H groups in total. The Hall–Kier alpha value is -2.66. The van der Waals surface area contributed by atoms with E-state index in [1.54, 1.807) is 24.3 Å². The number of methoxy groups -OCH3 is 1. The molecule has 0 saturated carbocycles. The fraction of sp³-hybridized carbons (Fsp3) is 0.261. The van der Waals surface area contributed by atoms with Crippen molar-refractivity contribution in [2.45, 2.75) is 18.6 Å². The number of hydrogen-bond donors (Lipinski definition) is 1. The van der Waals surface area contributed by atoms with E-state index in [1.807, 2.05) is 25.1 Å². The Morgan fingerprint density at radius 3 is 2.59 bits per heavy atom. The normalized spacial score (nSPS) is 18.0. The van der Waals surface area contributed by atoms with E-state index in [0.29, 0.717) is 38.7 Å². The first kappa shape index (κ1) is 24.0. The van der Waals surface area contributed by atoms with Crippen LogP contribution in [0.2, 0.25) is 10.0 Å². The summed E-state index contributed by atoms with van der Waals surface area (Å²) in [7, 11) is 1.20. The Morgan fingerprint density at radius 2 is 1.97 bits per heavy atom. The van der Waals surface area contributed by atoms with E-state index >= 15 is 0 Å². The first-order chi connectivity index (χ1) is 15.4. The van der Waals surface area contributed by atoms with Gasteiger partial charge >= 0.3 is 5.97 Å². The van der Waals surface area contributed by atoms with Crippen molar-refractivity contribution < 1.29 is 19.1 Å². The lowest BCUT2D eigenvalue weighted by molar-refractivity contribution is -0.150. The summed E-state index contributed by atoms with van der Waals surface area (Å²) in [6, 6.07) is 14.5. The van der Waals surface area contributed by atoms with E-state index in [9.17, 15) is 14.9 Å². The molecule has 9 heteroatoms. The summed E-state index contributed by atoms with van der Waals surface area (Å²) in [4.78, 5) is 25.4. The quantitative estimate of drug-likeness (QED) is 0.430. The molecule has 2 atom stereocenters. The first-order valence-electron chi connectivity index (χ1n) is 9.72. The second kappa shape index (κ2) is 10.8. The Kier molecular flexibility index (Phi) is 8.08. The minimum atomic E-state index is -1.23. The monoisotopic (exact) mass is 490 g/mol. The zero-order valence-electron chi connectivity index (χ0n) is 17.4. The molecule has 0 aliphatic carbocycles. The number of ether oxygens (including phenoxy) is 2. The first-order valence-corrected chi connectivity index (χ1v) is 11.5. The molecule has 3 rings (SSSR count). The number of carbonyl (C=O) groups excluding carboxylic acids is 2. The van der Waals surface area contributed by atoms with Crippen LogP contribution in [0, 0.1) is 17.2 Å². The second-order valence-corrected chi connectivity index (χ2v) is 8.63. The van der Waals surface area contributed by atoms with Crippen LogP contribution in [0.3, 0.4) is 0 Å². The van der Waals surface area contributed by atoms with Crippen LogP contribution < -0.4 is 10.1 Å². The van der Waals surface area contributed by atoms with E-state index < -0.39 is 23.7 Å². The molecule has 0 spiro atoms. The van der Waals surface area contributed by atoms with Crippen LogP contribution in [0.4, 0.5) is 0 Å². The van der Waals surface area contributed by atoms with Gasteiger partial charge in [0.1, 0.15) is 11.7 Å². The van der Waals surface area contributed by atoms with E-state index in [-0.39, 0.29) is 5.57 Å². The van der Waals surface area contributed by atoms with Gasteiger partial charge in [0, 0.05) is 16.7 Å². The van der Waals surface area contributed by atoms with Crippen LogP contribution in [0.1, 0.15) is 24.0 Å². The number of nitriles is 1. The van der Waals surface area contributed by atoms with Crippen LogP contribution >= 0.6 is 35.0 Å². The van der Waals surface area contributed by atoms with Crippen molar-refractivity contribution in [2.75, 3.05) is 13.7 Å². The molecule has 0 bridgehead atoms. The predicted molar refractivity (Wildman–Crippen MR) is 124 cm³/mol. The molecule has 1 heterocycles. The lowest BCUT2D eigenvalue weighted by atomic mass is 9.78. The van der Waals surface area contributed by atoms with Gasteiger partial charge in [-0.3, -0.25) is 9.59 Å². The minimum absolute atomic E-state index is 0.247. The summed E-state index contributed by atoms with van der Waals surface area (Å²) < 4.78 is 10.3. The zero-order valence-corrected chi connectivity index (χ0v) is 19.7. The molecule has 0 aromatic heterocycles. The van der Waals surface area contributed by atoms with Gasteiger partial charge in [-0.15, -0.1) is 11.8 Å². The number of esters is 1. The van der Waals surface area contributed by atoms with Gasteiger partial charge in [-0.05, 0) is 36.2 Å². The minimum Gasteiger partial charge on any atom is -0.492 e. The van der Waals surface area contributed by atoms with Crippen LogP contribution in [0.25, 0.3) is 0 Å². The van der Waals surface area contributed by atoms with Crippen LogP contribution in [-0.4, -0.2) is 25.6 Å². The van der Waals surface area contributed by atoms with E-state index in [0.717, 1.165) is 5.56 Å². The molecule has 0 unspecified atom stereocenters. The number of rotatable bonds is 7. The Balaban J connectivity index is 2.05. The highest BCUT2D eigenvalue weighted by Gasteiger charge is 2.44. The molecule has 0 radical (unpaired) electrons. The highest BCUT2D eigenvalue weighted by Crippen LogP contribution is 2.42. The number of benzene rings is 2.